The van der Waals surface area contributed by atoms with E-state index in [1.54, 1.807) is 0 Å². The van der Waals surface area contributed by atoms with E-state index in [1.165, 1.54) is 6.92 Å². The van der Waals surface area contributed by atoms with Crippen LogP contribution >= 0.6 is 0 Å². The summed E-state index contributed by atoms with van der Waals surface area (Å²) in [5, 5.41) is 0. The highest BCUT2D eigenvalue weighted by molar-refractivity contribution is 5.65. The first kappa shape index (κ1) is 27.7. The molecule has 3 aromatic rings. The number of ether oxygens (including phenoxy) is 5. The van der Waals surface area contributed by atoms with Gasteiger partial charge in [0.05, 0.1) is 25.9 Å². The number of hydrogen-bond donors (Lipinski definition) is 0. The van der Waals surface area contributed by atoms with Crippen LogP contribution in [-0.4, -0.2) is 49.4 Å². The topological polar surface area (TPSA) is 80.3 Å². The highest BCUT2D eigenvalue weighted by Gasteiger charge is 2.48. The molecule has 0 aromatic heterocycles. The fourth-order valence-corrected chi connectivity index (χ4v) is 4.50. The minimum atomic E-state index is -0.648. The number of hydrogen-bond acceptors (Lipinski definition) is 7. The van der Waals surface area contributed by atoms with Gasteiger partial charge >= 0.3 is 5.97 Å². The van der Waals surface area contributed by atoms with E-state index in [0.29, 0.717) is 19.8 Å². The normalized spacial score (nSPS) is 23.0. The largest absolute Gasteiger partial charge is 0.463 e. The van der Waals surface area contributed by atoms with Crippen molar-refractivity contribution in [1.82, 2.24) is 0 Å². The third-order valence-corrected chi connectivity index (χ3v) is 6.37. The number of aldehydes is 1. The lowest BCUT2D eigenvalue weighted by Gasteiger charge is -2.45. The molecule has 38 heavy (non-hydrogen) atoms. The molecule has 7 heteroatoms. The first-order chi connectivity index (χ1) is 18.6. The molecule has 0 radical (unpaired) electrons. The average Bonchev–Trinajstić information content (AvgIpc) is 2.95. The molecule has 1 heterocycles. The number of rotatable bonds is 13. The van der Waals surface area contributed by atoms with Crippen molar-refractivity contribution in [3.05, 3.63) is 108 Å². The molecule has 3 aromatic carbocycles. The first-order valence-electron chi connectivity index (χ1n) is 12.8. The molecular formula is C31H34O7. The smallest absolute Gasteiger partial charge is 0.302 e. The Morgan fingerprint density at radius 3 is 1.53 bits per heavy atom. The Labute approximate surface area is 223 Å². The second-order valence-electron chi connectivity index (χ2n) is 9.20. The fourth-order valence-electron chi connectivity index (χ4n) is 4.50. The van der Waals surface area contributed by atoms with Crippen molar-refractivity contribution in [3.8, 4) is 0 Å². The van der Waals surface area contributed by atoms with Crippen molar-refractivity contribution in [2.24, 2.45) is 0 Å². The summed E-state index contributed by atoms with van der Waals surface area (Å²) in [5.74, 6) is -0.424. The second kappa shape index (κ2) is 14.5. The van der Waals surface area contributed by atoms with Crippen LogP contribution in [0.5, 0.6) is 0 Å². The van der Waals surface area contributed by atoms with Crippen molar-refractivity contribution in [2.45, 2.75) is 63.7 Å². The molecule has 0 aliphatic carbocycles. The van der Waals surface area contributed by atoms with Gasteiger partial charge in [0.1, 0.15) is 37.3 Å². The zero-order valence-corrected chi connectivity index (χ0v) is 21.5. The van der Waals surface area contributed by atoms with Crippen molar-refractivity contribution in [1.29, 1.82) is 0 Å². The van der Waals surface area contributed by atoms with Crippen molar-refractivity contribution in [2.75, 3.05) is 6.61 Å². The first-order valence-corrected chi connectivity index (χ1v) is 12.8. The van der Waals surface area contributed by atoms with Crippen LogP contribution in [0.25, 0.3) is 0 Å². The van der Waals surface area contributed by atoms with Gasteiger partial charge in [-0.15, -0.1) is 0 Å². The van der Waals surface area contributed by atoms with Gasteiger partial charge in [-0.05, 0) is 16.7 Å². The number of esters is 1. The Morgan fingerprint density at radius 2 is 1.11 bits per heavy atom. The lowest BCUT2D eigenvalue weighted by atomic mass is 9.92. The maximum Gasteiger partial charge on any atom is 0.302 e. The van der Waals surface area contributed by atoms with Crippen LogP contribution in [0.1, 0.15) is 30.0 Å². The highest BCUT2D eigenvalue weighted by atomic mass is 16.6. The Kier molecular flexibility index (Phi) is 10.6. The van der Waals surface area contributed by atoms with Crippen LogP contribution in [0.3, 0.4) is 0 Å². The van der Waals surface area contributed by atoms with Crippen LogP contribution in [0.2, 0.25) is 0 Å². The predicted molar refractivity (Wildman–Crippen MR) is 141 cm³/mol. The molecule has 7 nitrogen and oxygen atoms in total. The molecule has 0 N–H and O–H groups in total. The molecule has 0 unspecified atom stereocenters. The third kappa shape index (κ3) is 8.07. The van der Waals surface area contributed by atoms with Crippen molar-refractivity contribution >= 4 is 12.3 Å². The summed E-state index contributed by atoms with van der Waals surface area (Å²) in [5.41, 5.74) is 2.96. The molecule has 200 valence electrons. The zero-order chi connectivity index (χ0) is 26.6. The molecular weight excluding hydrogens is 484 g/mol. The molecule has 0 amide bonds. The monoisotopic (exact) mass is 518 g/mol. The number of carbonyl (C=O) groups excluding carboxylic acids is 2. The second-order valence-corrected chi connectivity index (χ2v) is 9.20. The summed E-state index contributed by atoms with van der Waals surface area (Å²) < 4.78 is 31.0. The maximum atomic E-state index is 11.7. The van der Waals surface area contributed by atoms with Gasteiger partial charge in [-0.2, -0.15) is 0 Å². The van der Waals surface area contributed by atoms with Crippen LogP contribution in [0, 0.1) is 0 Å². The van der Waals surface area contributed by atoms with Gasteiger partial charge in [0.25, 0.3) is 0 Å². The molecule has 0 bridgehead atoms. The predicted octanol–water partition coefficient (Wildman–Crippen LogP) is 4.66. The van der Waals surface area contributed by atoms with Gasteiger partial charge in [-0.3, -0.25) is 4.79 Å². The van der Waals surface area contributed by atoms with E-state index in [9.17, 15) is 9.59 Å². The lowest BCUT2D eigenvalue weighted by molar-refractivity contribution is -0.270. The molecule has 0 spiro atoms. The Morgan fingerprint density at radius 1 is 0.684 bits per heavy atom. The SMILES string of the molecule is CC(=O)OC[C@H]1O[C@@H](CC=O)[C@H](OCc2ccccc2)[C@@H](OCc2ccccc2)[C@H]1OCc1ccccc1. The molecule has 1 saturated heterocycles. The summed E-state index contributed by atoms with van der Waals surface area (Å²) in [6, 6.07) is 29.4. The molecule has 1 fully saturated rings. The van der Waals surface area contributed by atoms with E-state index in [1.807, 2.05) is 91.0 Å². The van der Waals surface area contributed by atoms with Crippen LogP contribution in [0.4, 0.5) is 0 Å². The van der Waals surface area contributed by atoms with E-state index >= 15 is 0 Å². The fraction of sp³-hybridized carbons (Fsp3) is 0.355. The van der Waals surface area contributed by atoms with E-state index in [2.05, 4.69) is 0 Å². The van der Waals surface area contributed by atoms with Gasteiger partial charge in [0.15, 0.2) is 0 Å². The molecule has 5 atom stereocenters. The van der Waals surface area contributed by atoms with Gasteiger partial charge in [-0.25, -0.2) is 0 Å². The van der Waals surface area contributed by atoms with E-state index in [-0.39, 0.29) is 13.0 Å². The Hall–Kier alpha value is -3.36. The third-order valence-electron chi connectivity index (χ3n) is 6.37. The molecule has 1 aliphatic rings. The minimum absolute atomic E-state index is 0.0270. The maximum absolute atomic E-state index is 11.7. The summed E-state index contributed by atoms with van der Waals surface area (Å²) in [4.78, 5) is 23.3. The van der Waals surface area contributed by atoms with Gasteiger partial charge in [0.2, 0.25) is 0 Å². The Balaban J connectivity index is 1.62. The Bertz CT molecular complexity index is 1110. The quantitative estimate of drug-likeness (QED) is 0.240. The average molecular weight is 519 g/mol. The van der Waals surface area contributed by atoms with E-state index in [4.69, 9.17) is 23.7 Å². The van der Waals surface area contributed by atoms with E-state index in [0.717, 1.165) is 23.0 Å². The van der Waals surface area contributed by atoms with Crippen molar-refractivity contribution < 1.29 is 33.3 Å². The van der Waals surface area contributed by atoms with E-state index < -0.39 is 36.5 Å². The van der Waals surface area contributed by atoms with Crippen LogP contribution < -0.4 is 0 Å². The molecule has 0 saturated carbocycles. The zero-order valence-electron chi connectivity index (χ0n) is 21.5. The molecule has 4 rings (SSSR count). The molecule has 1 aliphatic heterocycles. The standard InChI is InChI=1S/C31H34O7/c1-23(33)34-22-28-30(36-20-25-13-7-3-8-14-25)31(37-21-26-15-9-4-10-16-26)29(27(38-28)17-18-32)35-19-24-11-5-2-6-12-24/h2-16,18,27-31H,17,19-22H2,1H3/t27-,28+,29-,30-,31+/m0/s1. The van der Waals surface area contributed by atoms with Gasteiger partial charge in [0, 0.05) is 13.3 Å². The van der Waals surface area contributed by atoms with Gasteiger partial charge < -0.3 is 28.5 Å². The lowest BCUT2D eigenvalue weighted by Crippen LogP contribution is -2.61. The van der Waals surface area contributed by atoms with Crippen LogP contribution in [-0.2, 0) is 53.1 Å². The van der Waals surface area contributed by atoms with Gasteiger partial charge in [-0.1, -0.05) is 91.0 Å². The summed E-state index contributed by atoms with van der Waals surface area (Å²) in [6.45, 7) is 2.26. The number of benzene rings is 3. The minimum Gasteiger partial charge on any atom is -0.463 e. The van der Waals surface area contributed by atoms with Crippen molar-refractivity contribution in [3.63, 3.8) is 0 Å². The highest BCUT2D eigenvalue weighted by Crippen LogP contribution is 2.32. The number of carbonyl (C=O) groups is 2. The summed E-state index contributed by atoms with van der Waals surface area (Å²) in [6.07, 6.45) is -2.15. The summed E-state index contributed by atoms with van der Waals surface area (Å²) >= 11 is 0. The summed E-state index contributed by atoms with van der Waals surface area (Å²) in [7, 11) is 0. The van der Waals surface area contributed by atoms with Crippen LogP contribution in [0.15, 0.2) is 91.0 Å².